The molecule has 13 heavy (non-hydrogen) atoms. The molecule has 2 atom stereocenters. The summed E-state index contributed by atoms with van der Waals surface area (Å²) < 4.78 is 82.7. The number of hydrogen-bond acceptors (Lipinski definition) is 0. The average molecular weight is 211 g/mol. The van der Waals surface area contributed by atoms with Crippen LogP contribution in [0.5, 0.6) is 0 Å². The molecule has 0 aliphatic rings. The van der Waals surface area contributed by atoms with Gasteiger partial charge in [-0.05, 0) is 6.92 Å². The Hall–Kier alpha value is -0.490. The molecule has 0 aromatic heterocycles. The van der Waals surface area contributed by atoms with Crippen molar-refractivity contribution < 1.29 is 30.7 Å². The van der Waals surface area contributed by atoms with Gasteiger partial charge in [0.05, 0.1) is 0 Å². The van der Waals surface area contributed by atoms with Crippen LogP contribution in [-0.2, 0) is 0 Å². The lowest BCUT2D eigenvalue weighted by molar-refractivity contribution is -0.225. The number of rotatable bonds is 3. The molecule has 0 aliphatic heterocycles. The summed E-state index contributed by atoms with van der Waals surface area (Å²) in [6.07, 6.45) is -15.1. The van der Waals surface area contributed by atoms with E-state index in [1.807, 2.05) is 0 Å². The summed E-state index contributed by atoms with van der Waals surface area (Å²) in [6.45, 7) is 2.52. The van der Waals surface area contributed by atoms with E-state index >= 15 is 0 Å². The second-order valence-electron chi connectivity index (χ2n) is 2.36. The third-order valence-corrected chi connectivity index (χ3v) is 1.31. The third-order valence-electron chi connectivity index (χ3n) is 1.31. The molecule has 0 saturated heterocycles. The molecule has 0 spiro atoms. The molecule has 1 radical (unpaired) electrons. The van der Waals surface area contributed by atoms with Gasteiger partial charge in [-0.1, -0.05) is 0 Å². The maximum Gasteiger partial charge on any atom is 0.422 e. The molecule has 79 valence electrons. The van der Waals surface area contributed by atoms with Crippen molar-refractivity contribution in [1.82, 2.24) is 0 Å². The number of hydrogen-bond donors (Lipinski definition) is 0. The molecule has 0 bridgehead atoms. The predicted molar refractivity (Wildman–Crippen MR) is 30.8 cm³/mol. The maximum atomic E-state index is 12.2. The van der Waals surface area contributed by atoms with Crippen LogP contribution in [0.4, 0.5) is 30.7 Å². The molecule has 0 saturated carbocycles. The van der Waals surface area contributed by atoms with Crippen LogP contribution in [0.1, 0.15) is 6.42 Å². The summed E-state index contributed by atoms with van der Waals surface area (Å²) in [5.74, 6) is -4.39. The van der Waals surface area contributed by atoms with Crippen molar-refractivity contribution in [3.8, 4) is 0 Å². The van der Waals surface area contributed by atoms with Crippen LogP contribution in [0.15, 0.2) is 0 Å². The first-order valence-electron chi connectivity index (χ1n) is 3.15. The van der Waals surface area contributed by atoms with Crippen LogP contribution in [0.25, 0.3) is 0 Å². The summed E-state index contributed by atoms with van der Waals surface area (Å²) in [5.41, 5.74) is 0. The minimum Gasteiger partial charge on any atom is -0.237 e. The number of halogens is 7. The topological polar surface area (TPSA) is 0 Å². The van der Waals surface area contributed by atoms with E-state index in [9.17, 15) is 30.7 Å². The van der Waals surface area contributed by atoms with Crippen LogP contribution in [-0.4, -0.2) is 24.4 Å². The van der Waals surface area contributed by atoms with Crippen LogP contribution in [0.3, 0.4) is 0 Å². The van der Waals surface area contributed by atoms with Crippen molar-refractivity contribution in [1.29, 1.82) is 0 Å². The zero-order chi connectivity index (χ0) is 10.9. The minimum absolute atomic E-state index is 1.43. The van der Waals surface area contributed by atoms with Crippen molar-refractivity contribution in [2.75, 3.05) is 0 Å². The van der Waals surface area contributed by atoms with E-state index in [1.54, 1.807) is 0 Å². The van der Waals surface area contributed by atoms with E-state index in [4.69, 9.17) is 0 Å². The Morgan fingerprint density at radius 3 is 1.54 bits per heavy atom. The molecule has 0 N–H and O–H groups in total. The van der Waals surface area contributed by atoms with E-state index in [-0.39, 0.29) is 0 Å². The lowest BCUT2D eigenvalue weighted by atomic mass is 10.1. The van der Waals surface area contributed by atoms with Gasteiger partial charge < -0.3 is 0 Å². The van der Waals surface area contributed by atoms with Crippen molar-refractivity contribution in [3.05, 3.63) is 6.92 Å². The summed E-state index contributed by atoms with van der Waals surface area (Å²) in [7, 11) is 0. The fourth-order valence-electron chi connectivity index (χ4n) is 0.518. The maximum absolute atomic E-state index is 12.2. The molecule has 0 fully saturated rings. The first kappa shape index (κ1) is 12.5. The lowest BCUT2D eigenvalue weighted by Gasteiger charge is -2.23. The molecule has 0 rings (SSSR count). The van der Waals surface area contributed by atoms with Gasteiger partial charge >= 0.3 is 6.18 Å². The van der Waals surface area contributed by atoms with Crippen LogP contribution in [0.2, 0.25) is 0 Å². The van der Waals surface area contributed by atoms with Gasteiger partial charge in [0.25, 0.3) is 5.92 Å². The Bertz CT molecular complexity index is 161. The summed E-state index contributed by atoms with van der Waals surface area (Å²) in [5, 5.41) is 0. The highest BCUT2D eigenvalue weighted by atomic mass is 19.4. The van der Waals surface area contributed by atoms with E-state index in [2.05, 4.69) is 6.92 Å². The highest BCUT2D eigenvalue weighted by Crippen LogP contribution is 2.35. The largest absolute Gasteiger partial charge is 0.422 e. The van der Waals surface area contributed by atoms with E-state index < -0.39 is 30.9 Å². The van der Waals surface area contributed by atoms with Crippen LogP contribution in [0, 0.1) is 6.92 Å². The van der Waals surface area contributed by atoms with Gasteiger partial charge in [-0.2, -0.15) is 13.2 Å². The van der Waals surface area contributed by atoms with Gasteiger partial charge in [-0.25, -0.2) is 17.6 Å². The van der Waals surface area contributed by atoms with Gasteiger partial charge in [0, 0.05) is 6.42 Å². The highest BCUT2D eigenvalue weighted by Gasteiger charge is 2.55. The smallest absolute Gasteiger partial charge is 0.237 e. The molecule has 1 unspecified atom stereocenters. The number of alkyl halides is 7. The Morgan fingerprint density at radius 1 is 0.923 bits per heavy atom. The van der Waals surface area contributed by atoms with Crippen LogP contribution < -0.4 is 0 Å². The second kappa shape index (κ2) is 3.71. The molecule has 7 heteroatoms. The van der Waals surface area contributed by atoms with E-state index in [0.717, 1.165) is 0 Å². The molecular weight excluding hydrogens is 205 g/mol. The van der Waals surface area contributed by atoms with Crippen molar-refractivity contribution in [2.24, 2.45) is 0 Å². The molecule has 0 aromatic carbocycles. The van der Waals surface area contributed by atoms with E-state index in [1.165, 1.54) is 0 Å². The molecule has 0 heterocycles. The lowest BCUT2D eigenvalue weighted by Crippen LogP contribution is -2.44. The van der Waals surface area contributed by atoms with Gasteiger partial charge in [0.2, 0.25) is 12.3 Å². The zero-order valence-corrected chi connectivity index (χ0v) is 6.21. The first-order chi connectivity index (χ1) is 5.63. The molecule has 0 aromatic rings. The molecule has 0 nitrogen and oxygen atoms in total. The van der Waals surface area contributed by atoms with Gasteiger partial charge in [-0.15, -0.1) is 0 Å². The summed E-state index contributed by atoms with van der Waals surface area (Å²) in [4.78, 5) is 0. The first-order valence-corrected chi connectivity index (χ1v) is 3.15. The Labute approximate surface area is 69.7 Å². The monoisotopic (exact) mass is 211 g/mol. The Morgan fingerprint density at radius 2 is 1.31 bits per heavy atom. The van der Waals surface area contributed by atoms with Crippen molar-refractivity contribution >= 4 is 0 Å². The minimum atomic E-state index is -5.61. The Kier molecular flexibility index (Phi) is 3.57. The van der Waals surface area contributed by atoms with Crippen molar-refractivity contribution in [3.63, 3.8) is 0 Å². The fourth-order valence-corrected chi connectivity index (χ4v) is 0.518. The normalized spacial score (nSPS) is 18.5. The molecular formula is C6H6F7. The summed E-state index contributed by atoms with van der Waals surface area (Å²) in [6, 6.07) is 0. The van der Waals surface area contributed by atoms with E-state index in [0.29, 0.717) is 0 Å². The second-order valence-corrected chi connectivity index (χ2v) is 2.36. The van der Waals surface area contributed by atoms with Crippen LogP contribution >= 0.6 is 0 Å². The van der Waals surface area contributed by atoms with Gasteiger partial charge in [-0.3, -0.25) is 0 Å². The van der Waals surface area contributed by atoms with Gasteiger partial charge in [0.15, 0.2) is 0 Å². The third kappa shape index (κ3) is 3.04. The van der Waals surface area contributed by atoms with Gasteiger partial charge in [0.1, 0.15) is 0 Å². The fraction of sp³-hybridized carbons (Fsp3) is 0.833. The standard InChI is InChI=1S/C6H6F7/c1-2-5(9,10)3(7)4(8)6(11,12)13/h3-4H,1-2H2/t3?,4-/m0/s1. The zero-order valence-electron chi connectivity index (χ0n) is 6.21. The SMILES string of the molecule is [CH2]CC(F)(F)C(F)[C@H](F)C(F)(F)F. The van der Waals surface area contributed by atoms with Crippen molar-refractivity contribution in [2.45, 2.75) is 30.9 Å². The predicted octanol–water partition coefficient (Wildman–Crippen LogP) is 3.08. The summed E-state index contributed by atoms with van der Waals surface area (Å²) >= 11 is 0. The molecule has 0 aliphatic carbocycles. The molecule has 0 amide bonds. The quantitative estimate of drug-likeness (QED) is 0.629. The Balaban J connectivity index is 4.52. The average Bonchev–Trinajstić information content (AvgIpc) is 2.00. The highest BCUT2D eigenvalue weighted by molar-refractivity contribution is 4.87.